The predicted molar refractivity (Wildman–Crippen MR) is 91.1 cm³/mol. The lowest BCUT2D eigenvalue weighted by molar-refractivity contribution is -0.139. The SMILES string of the molecule is CC(C)NC(=O)C(=O)NCc1ccc(S(=O)(=O)N2CCOCC2)cc1. The molecule has 1 aliphatic heterocycles. The van der Waals surface area contributed by atoms with Crippen LogP contribution in [0.3, 0.4) is 0 Å². The highest BCUT2D eigenvalue weighted by Gasteiger charge is 2.26. The average molecular weight is 369 g/mol. The maximum absolute atomic E-state index is 12.5. The fourth-order valence-electron chi connectivity index (χ4n) is 2.31. The largest absolute Gasteiger partial charge is 0.379 e. The van der Waals surface area contributed by atoms with Crippen molar-refractivity contribution >= 4 is 21.8 Å². The molecule has 2 N–H and O–H groups in total. The summed E-state index contributed by atoms with van der Waals surface area (Å²) >= 11 is 0. The van der Waals surface area contributed by atoms with Crippen molar-refractivity contribution in [2.45, 2.75) is 31.3 Å². The summed E-state index contributed by atoms with van der Waals surface area (Å²) in [5.41, 5.74) is 0.701. The molecule has 1 fully saturated rings. The van der Waals surface area contributed by atoms with Crippen molar-refractivity contribution in [2.75, 3.05) is 26.3 Å². The van der Waals surface area contributed by atoms with Gasteiger partial charge in [0.15, 0.2) is 0 Å². The molecule has 1 saturated heterocycles. The Hall–Kier alpha value is -1.97. The summed E-state index contributed by atoms with van der Waals surface area (Å²) in [5, 5.41) is 5.00. The van der Waals surface area contributed by atoms with E-state index < -0.39 is 21.8 Å². The molecule has 0 aromatic heterocycles. The second-order valence-corrected chi connectivity index (χ2v) is 7.91. The van der Waals surface area contributed by atoms with Crippen LogP contribution in [0.5, 0.6) is 0 Å². The zero-order valence-corrected chi connectivity index (χ0v) is 15.1. The van der Waals surface area contributed by atoms with Gasteiger partial charge in [-0.05, 0) is 31.5 Å². The number of sulfonamides is 1. The molecule has 0 bridgehead atoms. The van der Waals surface area contributed by atoms with Crippen LogP contribution in [0.25, 0.3) is 0 Å². The number of nitrogens with zero attached hydrogens (tertiary/aromatic N) is 1. The van der Waals surface area contributed by atoms with Crippen LogP contribution in [-0.4, -0.2) is 56.9 Å². The number of rotatable bonds is 5. The minimum atomic E-state index is -3.54. The standard InChI is InChI=1S/C16H23N3O5S/c1-12(2)18-16(21)15(20)17-11-13-3-5-14(6-4-13)25(22,23)19-7-9-24-10-8-19/h3-6,12H,7-11H2,1-2H3,(H,17,20)(H,18,21). The quantitative estimate of drug-likeness (QED) is 0.702. The van der Waals surface area contributed by atoms with Crippen LogP contribution in [0.1, 0.15) is 19.4 Å². The molecular formula is C16H23N3O5S. The highest BCUT2D eigenvalue weighted by molar-refractivity contribution is 7.89. The number of benzene rings is 1. The number of carbonyl (C=O) groups is 2. The van der Waals surface area contributed by atoms with Crippen molar-refractivity contribution in [1.29, 1.82) is 0 Å². The van der Waals surface area contributed by atoms with Crippen molar-refractivity contribution in [3.05, 3.63) is 29.8 Å². The third kappa shape index (κ3) is 5.25. The Morgan fingerprint density at radius 2 is 1.72 bits per heavy atom. The number of hydrogen-bond donors (Lipinski definition) is 2. The molecule has 25 heavy (non-hydrogen) atoms. The summed E-state index contributed by atoms with van der Waals surface area (Å²) in [4.78, 5) is 23.4. The first-order chi connectivity index (χ1) is 11.8. The van der Waals surface area contributed by atoms with E-state index in [1.165, 1.54) is 16.4 Å². The molecule has 8 nitrogen and oxygen atoms in total. The average Bonchev–Trinajstić information content (AvgIpc) is 2.60. The topological polar surface area (TPSA) is 105 Å². The molecule has 1 aromatic carbocycles. The maximum Gasteiger partial charge on any atom is 0.309 e. The molecule has 0 unspecified atom stereocenters. The zero-order chi connectivity index (χ0) is 18.4. The van der Waals surface area contributed by atoms with Crippen LogP contribution < -0.4 is 10.6 Å². The molecule has 138 valence electrons. The van der Waals surface area contributed by atoms with Gasteiger partial charge in [0.25, 0.3) is 0 Å². The highest BCUT2D eigenvalue weighted by Crippen LogP contribution is 2.17. The van der Waals surface area contributed by atoms with Gasteiger partial charge in [-0.1, -0.05) is 12.1 Å². The molecule has 1 heterocycles. The van der Waals surface area contributed by atoms with Crippen molar-refractivity contribution < 1.29 is 22.7 Å². The third-order valence-corrected chi connectivity index (χ3v) is 5.52. The van der Waals surface area contributed by atoms with Gasteiger partial charge in [-0.25, -0.2) is 8.42 Å². The molecule has 0 spiro atoms. The van der Waals surface area contributed by atoms with E-state index >= 15 is 0 Å². The van der Waals surface area contributed by atoms with Crippen LogP contribution >= 0.6 is 0 Å². The molecule has 2 amide bonds. The Balaban J connectivity index is 1.95. The number of ether oxygens (including phenoxy) is 1. The van der Waals surface area contributed by atoms with E-state index in [0.717, 1.165) is 0 Å². The number of morpholine rings is 1. The van der Waals surface area contributed by atoms with Gasteiger partial charge in [0.1, 0.15) is 0 Å². The fraction of sp³-hybridized carbons (Fsp3) is 0.500. The second-order valence-electron chi connectivity index (χ2n) is 5.97. The van der Waals surface area contributed by atoms with Gasteiger partial charge in [0, 0.05) is 25.7 Å². The molecule has 0 aliphatic carbocycles. The number of amides is 2. The van der Waals surface area contributed by atoms with Crippen LogP contribution in [0, 0.1) is 0 Å². The van der Waals surface area contributed by atoms with Gasteiger partial charge in [-0.2, -0.15) is 4.31 Å². The van der Waals surface area contributed by atoms with E-state index in [1.807, 2.05) is 0 Å². The van der Waals surface area contributed by atoms with Crippen LogP contribution in [0.2, 0.25) is 0 Å². The minimum Gasteiger partial charge on any atom is -0.379 e. The molecule has 0 saturated carbocycles. The molecule has 0 atom stereocenters. The van der Waals surface area contributed by atoms with Gasteiger partial charge in [0.2, 0.25) is 10.0 Å². The Kier molecular flexibility index (Phi) is 6.51. The minimum absolute atomic E-state index is 0.122. The van der Waals surface area contributed by atoms with Crippen molar-refractivity contribution in [1.82, 2.24) is 14.9 Å². The monoisotopic (exact) mass is 369 g/mol. The molecule has 1 aromatic rings. The molecule has 9 heteroatoms. The highest BCUT2D eigenvalue weighted by atomic mass is 32.2. The van der Waals surface area contributed by atoms with E-state index in [2.05, 4.69) is 10.6 Å². The molecule has 0 radical (unpaired) electrons. The Labute approximate surface area is 147 Å². The zero-order valence-electron chi connectivity index (χ0n) is 14.3. The number of nitrogens with one attached hydrogen (secondary N) is 2. The fourth-order valence-corrected chi connectivity index (χ4v) is 3.71. The molecular weight excluding hydrogens is 346 g/mol. The normalized spacial score (nSPS) is 15.8. The van der Waals surface area contributed by atoms with Gasteiger partial charge < -0.3 is 15.4 Å². The summed E-state index contributed by atoms with van der Waals surface area (Å²) in [6.07, 6.45) is 0. The lowest BCUT2D eigenvalue weighted by atomic mass is 10.2. The first-order valence-electron chi connectivity index (χ1n) is 8.06. The summed E-state index contributed by atoms with van der Waals surface area (Å²) < 4.78 is 31.6. The summed E-state index contributed by atoms with van der Waals surface area (Å²) in [7, 11) is -3.54. The predicted octanol–water partition coefficient (Wildman–Crippen LogP) is -0.152. The van der Waals surface area contributed by atoms with E-state index in [-0.39, 0.29) is 17.5 Å². The summed E-state index contributed by atoms with van der Waals surface area (Å²) in [5.74, 6) is -1.42. The van der Waals surface area contributed by atoms with Gasteiger partial charge in [0.05, 0.1) is 18.1 Å². The molecule has 1 aliphatic rings. The van der Waals surface area contributed by atoms with E-state index in [9.17, 15) is 18.0 Å². The van der Waals surface area contributed by atoms with E-state index in [0.29, 0.717) is 31.9 Å². The first kappa shape index (κ1) is 19.4. The Morgan fingerprint density at radius 3 is 2.28 bits per heavy atom. The lowest BCUT2D eigenvalue weighted by Gasteiger charge is -2.26. The third-order valence-electron chi connectivity index (χ3n) is 3.61. The first-order valence-corrected chi connectivity index (χ1v) is 9.50. The van der Waals surface area contributed by atoms with Gasteiger partial charge >= 0.3 is 11.8 Å². The Morgan fingerprint density at radius 1 is 1.12 bits per heavy atom. The Bertz CT molecular complexity index is 710. The van der Waals surface area contributed by atoms with Crippen LogP contribution in [0.4, 0.5) is 0 Å². The van der Waals surface area contributed by atoms with E-state index in [4.69, 9.17) is 4.74 Å². The number of carbonyl (C=O) groups excluding carboxylic acids is 2. The molecule has 2 rings (SSSR count). The van der Waals surface area contributed by atoms with Gasteiger partial charge in [-0.15, -0.1) is 0 Å². The van der Waals surface area contributed by atoms with Crippen molar-refractivity contribution in [2.24, 2.45) is 0 Å². The summed E-state index contributed by atoms with van der Waals surface area (Å²) in [6.45, 7) is 5.12. The number of hydrogen-bond acceptors (Lipinski definition) is 5. The van der Waals surface area contributed by atoms with Crippen LogP contribution in [-0.2, 0) is 30.9 Å². The maximum atomic E-state index is 12.5. The van der Waals surface area contributed by atoms with Crippen LogP contribution in [0.15, 0.2) is 29.2 Å². The van der Waals surface area contributed by atoms with Gasteiger partial charge in [-0.3, -0.25) is 9.59 Å². The van der Waals surface area contributed by atoms with Crippen molar-refractivity contribution in [3.8, 4) is 0 Å². The van der Waals surface area contributed by atoms with E-state index in [1.54, 1.807) is 26.0 Å². The lowest BCUT2D eigenvalue weighted by Crippen LogP contribution is -2.42. The van der Waals surface area contributed by atoms with Crippen molar-refractivity contribution in [3.63, 3.8) is 0 Å². The second kappa shape index (κ2) is 8.41. The smallest absolute Gasteiger partial charge is 0.309 e. The summed E-state index contributed by atoms with van der Waals surface area (Å²) in [6, 6.07) is 6.12.